The van der Waals surface area contributed by atoms with E-state index in [0.717, 1.165) is 16.7 Å². The lowest BCUT2D eigenvalue weighted by molar-refractivity contribution is -0.384. The molecular weight excluding hydrogens is 396 g/mol. The number of aryl methyl sites for hydroxylation is 1. The molecule has 3 aromatic carbocycles. The maximum atomic E-state index is 12.2. The predicted molar refractivity (Wildman–Crippen MR) is 116 cm³/mol. The summed E-state index contributed by atoms with van der Waals surface area (Å²) in [5, 5.41) is 11.0. The molecule has 0 saturated heterocycles. The van der Waals surface area contributed by atoms with Gasteiger partial charge in [0, 0.05) is 17.7 Å². The molecule has 0 atom stereocenters. The zero-order chi connectivity index (χ0) is 21.8. The first kappa shape index (κ1) is 20.0. The van der Waals surface area contributed by atoms with Crippen LogP contribution in [-0.4, -0.2) is 16.8 Å². The maximum Gasteiger partial charge on any atom is 0.363 e. The summed E-state index contributed by atoms with van der Waals surface area (Å²) in [5.74, 6) is 0.0736. The summed E-state index contributed by atoms with van der Waals surface area (Å²) in [5.41, 5.74) is 3.31. The summed E-state index contributed by atoms with van der Waals surface area (Å²) in [7, 11) is 0. The molecule has 1 heterocycles. The standard InChI is InChI=1S/C24H18N2O5/c1-16-5-2-7-18(11-16)15-30-21-10-3-6-17(12-21)13-22-24(27)31-23(25-22)19-8-4-9-20(14-19)26(28)29/h2-14H,15H2,1H3/b22-13-. The molecule has 0 spiro atoms. The topological polar surface area (TPSA) is 91.0 Å². The van der Waals surface area contributed by atoms with Gasteiger partial charge in [-0.1, -0.05) is 48.0 Å². The SMILES string of the molecule is Cc1cccc(COc2cccc(/C=C3\N=C(c4cccc([N+](=O)[O-])c4)OC3=O)c2)c1. The number of carbonyl (C=O) groups excluding carboxylic acids is 1. The molecule has 0 bridgehead atoms. The van der Waals surface area contributed by atoms with Gasteiger partial charge in [-0.2, -0.15) is 0 Å². The molecule has 0 saturated carbocycles. The second-order valence-corrected chi connectivity index (χ2v) is 6.99. The number of nitrogens with zero attached hydrogens (tertiary/aromatic N) is 2. The number of cyclic esters (lactones) is 1. The van der Waals surface area contributed by atoms with E-state index in [-0.39, 0.29) is 17.3 Å². The largest absolute Gasteiger partial charge is 0.489 e. The van der Waals surface area contributed by atoms with Gasteiger partial charge < -0.3 is 9.47 Å². The number of non-ortho nitro benzene ring substituents is 1. The van der Waals surface area contributed by atoms with Crippen molar-refractivity contribution >= 4 is 23.6 Å². The van der Waals surface area contributed by atoms with E-state index in [4.69, 9.17) is 9.47 Å². The molecular formula is C24H18N2O5. The molecule has 31 heavy (non-hydrogen) atoms. The van der Waals surface area contributed by atoms with Gasteiger partial charge in [0.1, 0.15) is 12.4 Å². The van der Waals surface area contributed by atoms with Crippen LogP contribution >= 0.6 is 0 Å². The molecule has 0 amide bonds. The van der Waals surface area contributed by atoms with Crippen LogP contribution in [0.3, 0.4) is 0 Å². The van der Waals surface area contributed by atoms with E-state index in [0.29, 0.717) is 17.9 Å². The summed E-state index contributed by atoms with van der Waals surface area (Å²) >= 11 is 0. The van der Waals surface area contributed by atoms with Crippen molar-refractivity contribution in [3.05, 3.63) is 111 Å². The average Bonchev–Trinajstić information content (AvgIpc) is 3.13. The fraction of sp³-hybridized carbons (Fsp3) is 0.0833. The van der Waals surface area contributed by atoms with E-state index >= 15 is 0 Å². The third kappa shape index (κ3) is 4.84. The second kappa shape index (κ2) is 8.62. The summed E-state index contributed by atoms with van der Waals surface area (Å²) in [6.07, 6.45) is 1.59. The molecule has 4 rings (SSSR count). The average molecular weight is 414 g/mol. The molecule has 0 aromatic heterocycles. The molecule has 1 aliphatic heterocycles. The molecule has 7 nitrogen and oxygen atoms in total. The lowest BCUT2D eigenvalue weighted by atomic mass is 10.1. The van der Waals surface area contributed by atoms with Crippen LogP contribution in [-0.2, 0) is 16.1 Å². The van der Waals surface area contributed by atoms with Crippen LogP contribution in [0.4, 0.5) is 5.69 Å². The molecule has 0 radical (unpaired) electrons. The van der Waals surface area contributed by atoms with Crippen molar-refractivity contribution < 1.29 is 19.2 Å². The van der Waals surface area contributed by atoms with Crippen LogP contribution in [0.1, 0.15) is 22.3 Å². The Hall–Kier alpha value is -4.26. The first-order chi connectivity index (χ1) is 15.0. The number of esters is 1. The number of hydrogen-bond donors (Lipinski definition) is 0. The van der Waals surface area contributed by atoms with Crippen molar-refractivity contribution in [1.82, 2.24) is 0 Å². The minimum Gasteiger partial charge on any atom is -0.489 e. The lowest BCUT2D eigenvalue weighted by Gasteiger charge is -2.07. The maximum absolute atomic E-state index is 12.2. The molecule has 1 aliphatic rings. The molecule has 154 valence electrons. The van der Waals surface area contributed by atoms with Crippen molar-refractivity contribution in [2.45, 2.75) is 13.5 Å². The van der Waals surface area contributed by atoms with Gasteiger partial charge in [-0.05, 0) is 42.3 Å². The molecule has 3 aromatic rings. The van der Waals surface area contributed by atoms with E-state index in [2.05, 4.69) is 11.1 Å². The molecule has 7 heteroatoms. The Balaban J connectivity index is 1.53. The van der Waals surface area contributed by atoms with Gasteiger partial charge in [0.05, 0.1) is 4.92 Å². The first-order valence-electron chi connectivity index (χ1n) is 9.54. The Kier molecular flexibility index (Phi) is 5.57. The van der Waals surface area contributed by atoms with Gasteiger partial charge in [-0.15, -0.1) is 0 Å². The van der Waals surface area contributed by atoms with Gasteiger partial charge in [-0.25, -0.2) is 9.79 Å². The van der Waals surface area contributed by atoms with E-state index in [9.17, 15) is 14.9 Å². The lowest BCUT2D eigenvalue weighted by Crippen LogP contribution is -2.05. The van der Waals surface area contributed by atoms with Gasteiger partial charge in [-0.3, -0.25) is 10.1 Å². The molecule has 0 aliphatic carbocycles. The van der Waals surface area contributed by atoms with Crippen LogP contribution < -0.4 is 4.74 Å². The molecule has 0 N–H and O–H groups in total. The highest BCUT2D eigenvalue weighted by Crippen LogP contribution is 2.23. The van der Waals surface area contributed by atoms with E-state index in [1.165, 1.54) is 18.2 Å². The Bertz CT molecular complexity index is 1230. The number of hydrogen-bond acceptors (Lipinski definition) is 6. The second-order valence-electron chi connectivity index (χ2n) is 6.99. The van der Waals surface area contributed by atoms with E-state index in [1.54, 1.807) is 18.2 Å². The minimum atomic E-state index is -0.618. The van der Waals surface area contributed by atoms with Crippen LogP contribution in [0.25, 0.3) is 6.08 Å². The summed E-state index contributed by atoms with van der Waals surface area (Å²) < 4.78 is 11.1. The number of ether oxygens (including phenoxy) is 2. The zero-order valence-electron chi connectivity index (χ0n) is 16.6. The predicted octanol–water partition coefficient (Wildman–Crippen LogP) is 4.83. The van der Waals surface area contributed by atoms with Crippen molar-refractivity contribution in [2.75, 3.05) is 0 Å². The minimum absolute atomic E-state index is 0.0341. The zero-order valence-corrected chi connectivity index (χ0v) is 16.6. The van der Waals surface area contributed by atoms with Gasteiger partial charge in [0.15, 0.2) is 5.70 Å². The Morgan fingerprint density at radius 1 is 1.06 bits per heavy atom. The van der Waals surface area contributed by atoms with Gasteiger partial charge in [0.2, 0.25) is 5.90 Å². The Morgan fingerprint density at radius 3 is 2.68 bits per heavy atom. The van der Waals surface area contributed by atoms with Crippen LogP contribution in [0.15, 0.2) is 83.5 Å². The third-order valence-electron chi connectivity index (χ3n) is 4.57. The number of nitro benzene ring substituents is 1. The Labute approximate surface area is 178 Å². The highest BCUT2D eigenvalue weighted by Gasteiger charge is 2.25. The number of rotatable bonds is 6. The van der Waals surface area contributed by atoms with E-state index in [1.807, 2.05) is 43.3 Å². The number of carbonyl (C=O) groups is 1. The quantitative estimate of drug-likeness (QED) is 0.249. The van der Waals surface area contributed by atoms with Gasteiger partial charge >= 0.3 is 5.97 Å². The highest BCUT2D eigenvalue weighted by molar-refractivity contribution is 6.13. The van der Waals surface area contributed by atoms with Crippen LogP contribution in [0.2, 0.25) is 0 Å². The van der Waals surface area contributed by atoms with Crippen LogP contribution in [0.5, 0.6) is 5.75 Å². The fourth-order valence-electron chi connectivity index (χ4n) is 3.11. The van der Waals surface area contributed by atoms with Crippen molar-refractivity contribution in [2.24, 2.45) is 4.99 Å². The third-order valence-corrected chi connectivity index (χ3v) is 4.57. The van der Waals surface area contributed by atoms with E-state index < -0.39 is 10.9 Å². The number of aliphatic imine (C=N–C) groups is 1. The number of benzene rings is 3. The highest BCUT2D eigenvalue weighted by atomic mass is 16.6. The molecule has 0 unspecified atom stereocenters. The van der Waals surface area contributed by atoms with Crippen molar-refractivity contribution in [3.63, 3.8) is 0 Å². The summed E-state index contributed by atoms with van der Waals surface area (Å²) in [4.78, 5) is 26.9. The molecule has 0 fully saturated rings. The first-order valence-corrected chi connectivity index (χ1v) is 9.54. The normalized spacial score (nSPS) is 14.3. The summed E-state index contributed by atoms with van der Waals surface area (Å²) in [6.45, 7) is 2.46. The number of nitro groups is 1. The smallest absolute Gasteiger partial charge is 0.363 e. The van der Waals surface area contributed by atoms with Crippen molar-refractivity contribution in [3.8, 4) is 5.75 Å². The summed E-state index contributed by atoms with van der Waals surface area (Å²) in [6, 6.07) is 21.1. The van der Waals surface area contributed by atoms with Gasteiger partial charge in [0.25, 0.3) is 5.69 Å². The van der Waals surface area contributed by atoms with Crippen LogP contribution in [0, 0.1) is 17.0 Å². The monoisotopic (exact) mass is 414 g/mol. The van der Waals surface area contributed by atoms with Crippen molar-refractivity contribution in [1.29, 1.82) is 0 Å². The Morgan fingerprint density at radius 2 is 1.87 bits per heavy atom. The fourth-order valence-corrected chi connectivity index (χ4v) is 3.11.